The van der Waals surface area contributed by atoms with E-state index in [9.17, 15) is 9.59 Å². The highest BCUT2D eigenvalue weighted by Crippen LogP contribution is 2.36. The van der Waals surface area contributed by atoms with Gasteiger partial charge in [-0.15, -0.1) is 0 Å². The molecule has 0 bridgehead atoms. The SMILES string of the molecule is CC[C@H]1O[C@@H](OC2=NCC(C(C)C)=C2Cc2ccc(Br)cc2C)[C@H](OC(=O)c2ccccc2)[C@@H](OC(=O)c2ccccc2)[C@@H]1C. The third-order valence-electron chi connectivity index (χ3n) is 8.55. The molecule has 45 heavy (non-hydrogen) atoms. The summed E-state index contributed by atoms with van der Waals surface area (Å²) in [5.41, 5.74) is 5.29. The predicted octanol–water partition coefficient (Wildman–Crippen LogP) is 7.90. The number of aliphatic imine (C=N–C) groups is 1. The molecule has 2 aliphatic heterocycles. The van der Waals surface area contributed by atoms with Gasteiger partial charge in [0.15, 0.2) is 6.10 Å². The van der Waals surface area contributed by atoms with Crippen molar-refractivity contribution in [2.75, 3.05) is 6.54 Å². The maximum Gasteiger partial charge on any atom is 0.338 e. The van der Waals surface area contributed by atoms with Crippen LogP contribution in [-0.4, -0.2) is 49.0 Å². The zero-order valence-electron chi connectivity index (χ0n) is 26.4. The van der Waals surface area contributed by atoms with Crippen molar-refractivity contribution in [3.8, 4) is 0 Å². The third kappa shape index (κ3) is 7.56. The van der Waals surface area contributed by atoms with Gasteiger partial charge in [0.25, 0.3) is 0 Å². The Kier molecular flexibility index (Phi) is 10.6. The minimum atomic E-state index is -1.06. The molecule has 8 heteroatoms. The minimum absolute atomic E-state index is 0.252. The summed E-state index contributed by atoms with van der Waals surface area (Å²) < 4.78 is 26.4. The Morgan fingerprint density at radius 1 is 0.933 bits per heavy atom. The van der Waals surface area contributed by atoms with Crippen molar-refractivity contribution in [3.63, 3.8) is 0 Å². The summed E-state index contributed by atoms with van der Waals surface area (Å²) in [6.45, 7) is 10.9. The summed E-state index contributed by atoms with van der Waals surface area (Å²) in [4.78, 5) is 31.6. The van der Waals surface area contributed by atoms with Gasteiger partial charge in [0, 0.05) is 22.4 Å². The van der Waals surface area contributed by atoms with Gasteiger partial charge < -0.3 is 18.9 Å². The van der Waals surface area contributed by atoms with Crippen LogP contribution in [0.15, 0.2) is 99.5 Å². The zero-order valence-corrected chi connectivity index (χ0v) is 28.0. The lowest BCUT2D eigenvalue weighted by Crippen LogP contribution is -2.57. The zero-order chi connectivity index (χ0) is 32.1. The first-order valence-corrected chi connectivity index (χ1v) is 16.3. The van der Waals surface area contributed by atoms with Crippen molar-refractivity contribution in [1.29, 1.82) is 0 Å². The maximum atomic E-state index is 13.4. The fourth-order valence-electron chi connectivity index (χ4n) is 5.90. The van der Waals surface area contributed by atoms with Crippen molar-refractivity contribution in [2.45, 2.75) is 72.1 Å². The van der Waals surface area contributed by atoms with Crippen molar-refractivity contribution >= 4 is 33.8 Å². The number of rotatable bonds is 9. The van der Waals surface area contributed by atoms with E-state index in [1.54, 1.807) is 48.5 Å². The lowest BCUT2D eigenvalue weighted by molar-refractivity contribution is -0.258. The number of nitrogens with zero attached hydrogens (tertiary/aromatic N) is 1. The van der Waals surface area contributed by atoms with Gasteiger partial charge in [0.2, 0.25) is 18.3 Å². The molecule has 2 aliphatic rings. The number of aryl methyl sites for hydroxylation is 1. The lowest BCUT2D eigenvalue weighted by Gasteiger charge is -2.44. The Balaban J connectivity index is 1.49. The Morgan fingerprint density at radius 3 is 2.09 bits per heavy atom. The number of ether oxygens (including phenoxy) is 4. The topological polar surface area (TPSA) is 83.4 Å². The summed E-state index contributed by atoms with van der Waals surface area (Å²) in [5, 5.41) is 0. The molecule has 236 valence electrons. The summed E-state index contributed by atoms with van der Waals surface area (Å²) in [6.07, 6.45) is -1.98. The van der Waals surface area contributed by atoms with Crippen LogP contribution in [0.25, 0.3) is 0 Å². The molecule has 0 amide bonds. The molecule has 0 aliphatic carbocycles. The summed E-state index contributed by atoms with van der Waals surface area (Å²) in [5.74, 6) is -0.631. The Bertz CT molecular complexity index is 1570. The molecule has 2 heterocycles. The Hall–Kier alpha value is -3.75. The first kappa shape index (κ1) is 32.6. The predicted molar refractivity (Wildman–Crippen MR) is 177 cm³/mol. The van der Waals surface area contributed by atoms with Crippen LogP contribution < -0.4 is 0 Å². The summed E-state index contributed by atoms with van der Waals surface area (Å²) >= 11 is 3.57. The van der Waals surface area contributed by atoms with Crippen LogP contribution in [0.1, 0.15) is 66.0 Å². The molecule has 0 aromatic heterocycles. The van der Waals surface area contributed by atoms with E-state index in [0.717, 1.165) is 21.2 Å². The molecular weight excluding hydrogens is 634 g/mol. The Morgan fingerprint density at radius 2 is 1.53 bits per heavy atom. The van der Waals surface area contributed by atoms with E-state index in [1.165, 1.54) is 5.57 Å². The number of carbonyl (C=O) groups is 2. The van der Waals surface area contributed by atoms with Gasteiger partial charge in [0.1, 0.15) is 0 Å². The van der Waals surface area contributed by atoms with Crippen LogP contribution in [0.3, 0.4) is 0 Å². The number of hydrogen-bond donors (Lipinski definition) is 0. The number of benzene rings is 3. The molecule has 1 fully saturated rings. The first-order valence-electron chi connectivity index (χ1n) is 15.5. The largest absolute Gasteiger partial charge is 0.454 e. The van der Waals surface area contributed by atoms with E-state index in [-0.39, 0.29) is 17.9 Å². The maximum absolute atomic E-state index is 13.4. The number of halogens is 1. The van der Waals surface area contributed by atoms with E-state index in [1.807, 2.05) is 32.0 Å². The molecular formula is C37H40BrNO6. The fourth-order valence-corrected chi connectivity index (χ4v) is 6.38. The molecule has 0 unspecified atom stereocenters. The molecule has 0 radical (unpaired) electrons. The van der Waals surface area contributed by atoms with Crippen LogP contribution in [-0.2, 0) is 25.4 Å². The normalized spacial score (nSPS) is 23.1. The van der Waals surface area contributed by atoms with Crippen molar-refractivity contribution in [1.82, 2.24) is 0 Å². The molecule has 5 rings (SSSR count). The smallest absolute Gasteiger partial charge is 0.338 e. The van der Waals surface area contributed by atoms with E-state index in [2.05, 4.69) is 48.8 Å². The number of esters is 2. The molecule has 0 spiro atoms. The van der Waals surface area contributed by atoms with Gasteiger partial charge in [-0.05, 0) is 72.4 Å². The van der Waals surface area contributed by atoms with Gasteiger partial charge in [0.05, 0.1) is 23.8 Å². The number of carbonyl (C=O) groups excluding carboxylic acids is 2. The molecule has 1 saturated heterocycles. The van der Waals surface area contributed by atoms with E-state index < -0.39 is 30.4 Å². The van der Waals surface area contributed by atoms with Gasteiger partial charge in [-0.3, -0.25) is 0 Å². The molecule has 5 atom stereocenters. The van der Waals surface area contributed by atoms with Crippen LogP contribution in [0.2, 0.25) is 0 Å². The standard InChI is InChI=1S/C37H40BrNO6/c1-6-31-24(5)32(43-35(40)25-13-9-7-10-14-25)33(44-36(41)26-15-11-8-12-16-26)37(42-31)45-34-29(30(21-39-34)22(2)3)20-27-17-18-28(38)19-23(27)4/h7-19,22,24,31-33,37H,6,20-21H2,1-5H3/t24-,31-,32+,33-,37+/m1/s1. The first-order chi connectivity index (χ1) is 21.7. The van der Waals surface area contributed by atoms with Gasteiger partial charge >= 0.3 is 11.9 Å². The second-order valence-corrected chi connectivity index (χ2v) is 12.8. The highest BCUT2D eigenvalue weighted by molar-refractivity contribution is 9.10. The van der Waals surface area contributed by atoms with E-state index in [4.69, 9.17) is 23.9 Å². The van der Waals surface area contributed by atoms with Crippen LogP contribution in [0, 0.1) is 18.8 Å². The van der Waals surface area contributed by atoms with Crippen LogP contribution >= 0.6 is 15.9 Å². The highest BCUT2D eigenvalue weighted by Gasteiger charge is 2.50. The average molecular weight is 675 g/mol. The van der Waals surface area contributed by atoms with Gasteiger partial charge in [-0.2, -0.15) is 0 Å². The average Bonchev–Trinajstić information content (AvgIpc) is 3.44. The second kappa shape index (κ2) is 14.6. The monoisotopic (exact) mass is 673 g/mol. The fraction of sp³-hybridized carbons (Fsp3) is 0.378. The molecule has 3 aromatic carbocycles. The quantitative estimate of drug-likeness (QED) is 0.215. The number of hydrogen-bond acceptors (Lipinski definition) is 7. The van der Waals surface area contributed by atoms with Crippen molar-refractivity contribution < 1.29 is 28.5 Å². The van der Waals surface area contributed by atoms with Crippen molar-refractivity contribution in [2.24, 2.45) is 16.8 Å². The molecule has 3 aromatic rings. The van der Waals surface area contributed by atoms with E-state index in [0.29, 0.717) is 36.4 Å². The molecule has 7 nitrogen and oxygen atoms in total. The van der Waals surface area contributed by atoms with Gasteiger partial charge in [-0.25, -0.2) is 14.6 Å². The molecule has 0 N–H and O–H groups in total. The van der Waals surface area contributed by atoms with Crippen molar-refractivity contribution in [3.05, 3.63) is 117 Å². The Labute approximate surface area is 273 Å². The van der Waals surface area contributed by atoms with Gasteiger partial charge in [-0.1, -0.05) is 86.1 Å². The second-order valence-electron chi connectivity index (χ2n) is 11.9. The van der Waals surface area contributed by atoms with Crippen LogP contribution in [0.5, 0.6) is 0 Å². The highest BCUT2D eigenvalue weighted by atomic mass is 79.9. The lowest BCUT2D eigenvalue weighted by atomic mass is 9.88. The summed E-state index contributed by atoms with van der Waals surface area (Å²) in [6, 6.07) is 23.8. The summed E-state index contributed by atoms with van der Waals surface area (Å²) in [7, 11) is 0. The van der Waals surface area contributed by atoms with E-state index >= 15 is 0 Å². The molecule has 0 saturated carbocycles. The third-order valence-corrected chi connectivity index (χ3v) is 9.04. The minimum Gasteiger partial charge on any atom is -0.454 e. The van der Waals surface area contributed by atoms with Crippen LogP contribution in [0.4, 0.5) is 0 Å².